The lowest BCUT2D eigenvalue weighted by molar-refractivity contribution is 0.352. The molecule has 1 aromatic carbocycles. The van der Waals surface area contributed by atoms with Gasteiger partial charge in [0.1, 0.15) is 0 Å². The van der Waals surface area contributed by atoms with Crippen molar-refractivity contribution in [2.75, 3.05) is 6.26 Å². The maximum atomic E-state index is 13.1. The van der Waals surface area contributed by atoms with Crippen LogP contribution in [0.3, 0.4) is 0 Å². The third kappa shape index (κ3) is 2.41. The second kappa shape index (κ2) is 4.80. The lowest BCUT2D eigenvalue weighted by atomic mass is 10.2. The topological polar surface area (TPSA) is 29.4 Å². The van der Waals surface area contributed by atoms with Crippen molar-refractivity contribution in [1.29, 1.82) is 0 Å². The number of benzene rings is 1. The summed E-state index contributed by atoms with van der Waals surface area (Å²) in [4.78, 5) is 13.7. The third-order valence-electron chi connectivity index (χ3n) is 1.56. The van der Waals surface area contributed by atoms with Crippen molar-refractivity contribution >= 4 is 17.8 Å². The van der Waals surface area contributed by atoms with Crippen LogP contribution in [-0.2, 0) is 4.79 Å². The van der Waals surface area contributed by atoms with Crippen molar-refractivity contribution in [1.82, 2.24) is 0 Å². The van der Waals surface area contributed by atoms with Gasteiger partial charge in [0.15, 0.2) is 0 Å². The fourth-order valence-corrected chi connectivity index (χ4v) is 1.59. The number of carbonyl (C=O) groups excluding carboxylic acids is 1. The highest BCUT2D eigenvalue weighted by atomic mass is 32.2. The molecular formula is C9H8FNOS. The molecule has 0 saturated heterocycles. The van der Waals surface area contributed by atoms with E-state index >= 15 is 0 Å². The molecule has 1 atom stereocenters. The Labute approximate surface area is 79.9 Å². The zero-order chi connectivity index (χ0) is 9.68. The first-order valence-corrected chi connectivity index (χ1v) is 4.86. The number of rotatable bonds is 3. The molecule has 0 radical (unpaired) electrons. The Bertz CT molecular complexity index is 336. The highest BCUT2D eigenvalue weighted by Crippen LogP contribution is 2.28. The normalized spacial score (nSPS) is 11.8. The number of thioether (sulfide) groups is 1. The van der Waals surface area contributed by atoms with Crippen molar-refractivity contribution in [3.63, 3.8) is 0 Å². The lowest BCUT2D eigenvalue weighted by Gasteiger charge is -2.05. The van der Waals surface area contributed by atoms with E-state index < -0.39 is 6.30 Å². The maximum absolute atomic E-state index is 13.1. The average molecular weight is 197 g/mol. The first-order valence-electron chi connectivity index (χ1n) is 3.63. The van der Waals surface area contributed by atoms with Gasteiger partial charge < -0.3 is 0 Å². The molecule has 0 N–H and O–H groups in total. The Morgan fingerprint density at radius 1 is 1.54 bits per heavy atom. The van der Waals surface area contributed by atoms with Crippen LogP contribution in [0.5, 0.6) is 0 Å². The molecule has 2 nitrogen and oxygen atoms in total. The molecule has 13 heavy (non-hydrogen) atoms. The average Bonchev–Trinajstić information content (AvgIpc) is 2.18. The van der Waals surface area contributed by atoms with Crippen LogP contribution < -0.4 is 0 Å². The number of alkyl halides is 1. The molecule has 0 bridgehead atoms. The Morgan fingerprint density at radius 3 is 2.85 bits per heavy atom. The molecule has 0 aliphatic rings. The molecule has 0 heterocycles. The molecule has 0 fully saturated rings. The van der Waals surface area contributed by atoms with Gasteiger partial charge in [-0.15, -0.1) is 11.8 Å². The molecule has 4 heteroatoms. The molecule has 0 amide bonds. The largest absolute Gasteiger partial charge is 0.238 e. The van der Waals surface area contributed by atoms with E-state index in [1.807, 2.05) is 12.3 Å². The summed E-state index contributed by atoms with van der Waals surface area (Å²) in [6.07, 6.45) is 1.46. The predicted molar refractivity (Wildman–Crippen MR) is 50.2 cm³/mol. The molecule has 0 aromatic heterocycles. The summed E-state index contributed by atoms with van der Waals surface area (Å²) in [5.41, 5.74) is 0.415. The van der Waals surface area contributed by atoms with E-state index in [9.17, 15) is 9.18 Å². The predicted octanol–water partition coefficient (Wildman–Crippen LogP) is 2.71. The molecule has 0 saturated carbocycles. The van der Waals surface area contributed by atoms with Gasteiger partial charge in [0, 0.05) is 10.5 Å². The summed E-state index contributed by atoms with van der Waals surface area (Å²) >= 11 is 1.42. The number of isocyanates is 1. The minimum Gasteiger partial charge on any atom is -0.215 e. The van der Waals surface area contributed by atoms with Gasteiger partial charge in [-0.2, -0.15) is 4.99 Å². The van der Waals surface area contributed by atoms with Crippen LogP contribution in [0.25, 0.3) is 0 Å². The standard InChI is InChI=1S/C9H8FNOS/c1-13-8-5-3-2-4-7(8)9(10)11-6-12/h2-5,9H,1H3. The molecule has 1 unspecified atom stereocenters. The van der Waals surface area contributed by atoms with E-state index in [4.69, 9.17) is 0 Å². The number of hydrogen-bond acceptors (Lipinski definition) is 3. The second-order valence-electron chi connectivity index (χ2n) is 2.30. The molecule has 68 valence electrons. The smallest absolute Gasteiger partial charge is 0.215 e. The van der Waals surface area contributed by atoms with E-state index in [2.05, 4.69) is 4.99 Å². The Balaban J connectivity index is 3.04. The van der Waals surface area contributed by atoms with Crippen LogP contribution in [0.4, 0.5) is 4.39 Å². The molecule has 1 rings (SSSR count). The monoisotopic (exact) mass is 197 g/mol. The summed E-state index contributed by atoms with van der Waals surface area (Å²) in [6.45, 7) is 0. The van der Waals surface area contributed by atoms with Crippen molar-refractivity contribution in [3.8, 4) is 0 Å². The van der Waals surface area contributed by atoms with Crippen molar-refractivity contribution in [2.24, 2.45) is 4.99 Å². The van der Waals surface area contributed by atoms with Gasteiger partial charge in [0.2, 0.25) is 12.4 Å². The highest BCUT2D eigenvalue weighted by molar-refractivity contribution is 7.98. The SMILES string of the molecule is CSc1ccccc1C(F)N=C=O. The van der Waals surface area contributed by atoms with Gasteiger partial charge in [0.25, 0.3) is 0 Å². The lowest BCUT2D eigenvalue weighted by Crippen LogP contribution is -1.89. The van der Waals surface area contributed by atoms with E-state index in [-0.39, 0.29) is 0 Å². The Hall–Kier alpha value is -1.12. The van der Waals surface area contributed by atoms with E-state index in [1.54, 1.807) is 18.2 Å². The zero-order valence-corrected chi connectivity index (χ0v) is 7.84. The minimum absolute atomic E-state index is 0.415. The van der Waals surface area contributed by atoms with Gasteiger partial charge in [-0.05, 0) is 12.3 Å². The summed E-state index contributed by atoms with van der Waals surface area (Å²) in [5.74, 6) is 0. The van der Waals surface area contributed by atoms with Crippen LogP contribution in [0.1, 0.15) is 11.9 Å². The van der Waals surface area contributed by atoms with Crippen LogP contribution in [0, 0.1) is 0 Å². The highest BCUT2D eigenvalue weighted by Gasteiger charge is 2.11. The minimum atomic E-state index is -1.60. The molecule has 1 aromatic rings. The summed E-state index contributed by atoms with van der Waals surface area (Å²) in [6, 6.07) is 6.92. The van der Waals surface area contributed by atoms with Gasteiger partial charge in [-0.25, -0.2) is 9.18 Å². The Morgan fingerprint density at radius 2 is 2.23 bits per heavy atom. The van der Waals surface area contributed by atoms with Crippen LogP contribution in [0.15, 0.2) is 34.2 Å². The number of hydrogen-bond donors (Lipinski definition) is 0. The molecule has 0 aliphatic carbocycles. The van der Waals surface area contributed by atoms with Crippen LogP contribution in [-0.4, -0.2) is 12.3 Å². The Kier molecular flexibility index (Phi) is 3.68. The molecular weight excluding hydrogens is 189 g/mol. The fraction of sp³-hybridized carbons (Fsp3) is 0.222. The van der Waals surface area contributed by atoms with Crippen LogP contribution in [0.2, 0.25) is 0 Å². The number of halogens is 1. The first-order chi connectivity index (χ1) is 6.29. The third-order valence-corrected chi connectivity index (χ3v) is 2.37. The second-order valence-corrected chi connectivity index (χ2v) is 3.15. The van der Waals surface area contributed by atoms with E-state index in [0.717, 1.165) is 4.90 Å². The van der Waals surface area contributed by atoms with Crippen LogP contribution >= 0.6 is 11.8 Å². The summed E-state index contributed by atoms with van der Waals surface area (Å²) < 4.78 is 13.1. The fourth-order valence-electron chi connectivity index (χ4n) is 0.979. The summed E-state index contributed by atoms with van der Waals surface area (Å²) in [7, 11) is 0. The molecule has 0 aliphatic heterocycles. The van der Waals surface area contributed by atoms with Gasteiger partial charge in [0.05, 0.1) is 0 Å². The summed E-state index contributed by atoms with van der Waals surface area (Å²) in [5, 5.41) is 0. The first kappa shape index (κ1) is 9.96. The maximum Gasteiger partial charge on any atom is 0.238 e. The van der Waals surface area contributed by atoms with Gasteiger partial charge in [-0.1, -0.05) is 18.2 Å². The van der Waals surface area contributed by atoms with Crippen molar-refractivity contribution in [2.45, 2.75) is 11.2 Å². The van der Waals surface area contributed by atoms with E-state index in [1.165, 1.54) is 17.8 Å². The van der Waals surface area contributed by atoms with E-state index in [0.29, 0.717) is 5.56 Å². The van der Waals surface area contributed by atoms with Crippen molar-refractivity contribution < 1.29 is 9.18 Å². The zero-order valence-electron chi connectivity index (χ0n) is 7.03. The quantitative estimate of drug-likeness (QED) is 0.322. The number of aliphatic imine (C=N–C) groups is 1. The van der Waals surface area contributed by atoms with Crippen molar-refractivity contribution in [3.05, 3.63) is 29.8 Å². The van der Waals surface area contributed by atoms with Gasteiger partial charge >= 0.3 is 0 Å². The molecule has 0 spiro atoms. The number of nitrogens with zero attached hydrogens (tertiary/aromatic N) is 1. The van der Waals surface area contributed by atoms with Gasteiger partial charge in [-0.3, -0.25) is 0 Å².